The zero-order valence-corrected chi connectivity index (χ0v) is 18.5. The summed E-state index contributed by atoms with van der Waals surface area (Å²) in [6.45, 7) is 4.73. The quantitative estimate of drug-likeness (QED) is 0.506. The van der Waals surface area contributed by atoms with E-state index >= 15 is 0 Å². The average Bonchev–Trinajstić information content (AvgIpc) is 3.29. The summed E-state index contributed by atoms with van der Waals surface area (Å²) in [5, 5.41) is 6.73. The molecule has 0 spiro atoms. The number of para-hydroxylation sites is 1. The van der Waals surface area contributed by atoms with Crippen molar-refractivity contribution in [1.82, 2.24) is 10.6 Å². The molecule has 1 fully saturated rings. The van der Waals surface area contributed by atoms with Gasteiger partial charge in [-0.05, 0) is 49.6 Å². The first-order valence-corrected chi connectivity index (χ1v) is 10.9. The molecule has 0 aromatic heterocycles. The summed E-state index contributed by atoms with van der Waals surface area (Å²) in [5.74, 6) is 2.11. The van der Waals surface area contributed by atoms with Gasteiger partial charge in [0.15, 0.2) is 29.0 Å². The zero-order valence-electron chi connectivity index (χ0n) is 18.5. The van der Waals surface area contributed by atoms with Crippen LogP contribution in [0.3, 0.4) is 0 Å². The predicted octanol–water partition coefficient (Wildman–Crippen LogP) is 3.24. The van der Waals surface area contributed by atoms with E-state index in [0.717, 1.165) is 24.3 Å². The summed E-state index contributed by atoms with van der Waals surface area (Å²) < 4.78 is 36.2. The van der Waals surface area contributed by atoms with Crippen molar-refractivity contribution in [2.75, 3.05) is 40.1 Å². The molecular formula is C24H30FN3O4. The van der Waals surface area contributed by atoms with Crippen molar-refractivity contribution in [1.29, 1.82) is 0 Å². The molecule has 2 heterocycles. The molecule has 1 saturated heterocycles. The molecule has 8 heteroatoms. The SMILES string of the molecule is CN=C(NCC(C)Oc1ccccc1F)NCC1(c2ccc3c(c2)OCO3)CCOCC1. The van der Waals surface area contributed by atoms with Gasteiger partial charge in [0.1, 0.15) is 6.10 Å². The van der Waals surface area contributed by atoms with Crippen molar-refractivity contribution in [3.8, 4) is 17.2 Å². The maximum atomic E-state index is 13.8. The summed E-state index contributed by atoms with van der Waals surface area (Å²) >= 11 is 0. The number of hydrogen-bond acceptors (Lipinski definition) is 5. The third-order valence-electron chi connectivity index (χ3n) is 5.97. The Morgan fingerprint density at radius 1 is 1.12 bits per heavy atom. The third kappa shape index (κ3) is 5.07. The fourth-order valence-electron chi connectivity index (χ4n) is 4.07. The Hall–Kier alpha value is -3.00. The highest BCUT2D eigenvalue weighted by Gasteiger charge is 2.36. The summed E-state index contributed by atoms with van der Waals surface area (Å²) in [4.78, 5) is 4.34. The summed E-state index contributed by atoms with van der Waals surface area (Å²) in [6.07, 6.45) is 1.55. The van der Waals surface area contributed by atoms with Crippen molar-refractivity contribution in [3.05, 3.63) is 53.8 Å². The Kier molecular flexibility index (Phi) is 6.99. The molecule has 0 bridgehead atoms. The van der Waals surface area contributed by atoms with Gasteiger partial charge in [-0.1, -0.05) is 18.2 Å². The van der Waals surface area contributed by atoms with Crippen LogP contribution in [-0.2, 0) is 10.2 Å². The minimum absolute atomic E-state index is 0.105. The number of hydrogen-bond donors (Lipinski definition) is 2. The van der Waals surface area contributed by atoms with Gasteiger partial charge >= 0.3 is 0 Å². The van der Waals surface area contributed by atoms with Gasteiger partial charge in [-0.3, -0.25) is 4.99 Å². The number of guanidine groups is 1. The van der Waals surface area contributed by atoms with Crippen molar-refractivity contribution in [3.63, 3.8) is 0 Å². The van der Waals surface area contributed by atoms with E-state index in [4.69, 9.17) is 18.9 Å². The van der Waals surface area contributed by atoms with Gasteiger partial charge in [0, 0.05) is 32.2 Å². The molecule has 172 valence electrons. The molecule has 0 aliphatic carbocycles. The molecule has 1 atom stereocenters. The highest BCUT2D eigenvalue weighted by atomic mass is 19.1. The second-order valence-electron chi connectivity index (χ2n) is 8.13. The van der Waals surface area contributed by atoms with Crippen LogP contribution in [0.1, 0.15) is 25.3 Å². The lowest BCUT2D eigenvalue weighted by molar-refractivity contribution is 0.0513. The van der Waals surface area contributed by atoms with Crippen LogP contribution < -0.4 is 24.8 Å². The molecule has 4 rings (SSSR count). The van der Waals surface area contributed by atoms with Gasteiger partial charge in [-0.25, -0.2) is 4.39 Å². The van der Waals surface area contributed by atoms with Crippen LogP contribution in [0.15, 0.2) is 47.5 Å². The van der Waals surface area contributed by atoms with Gasteiger partial charge in [-0.2, -0.15) is 0 Å². The van der Waals surface area contributed by atoms with Crippen LogP contribution in [-0.4, -0.2) is 52.2 Å². The van der Waals surface area contributed by atoms with E-state index < -0.39 is 0 Å². The molecule has 1 unspecified atom stereocenters. The lowest BCUT2D eigenvalue weighted by Gasteiger charge is -2.38. The van der Waals surface area contributed by atoms with Crippen molar-refractivity contribution in [2.24, 2.45) is 4.99 Å². The Morgan fingerprint density at radius 2 is 1.91 bits per heavy atom. The molecule has 0 saturated carbocycles. The largest absolute Gasteiger partial charge is 0.486 e. The Labute approximate surface area is 187 Å². The zero-order chi connectivity index (χ0) is 22.4. The van der Waals surface area contributed by atoms with Crippen molar-refractivity contribution < 1.29 is 23.3 Å². The van der Waals surface area contributed by atoms with Gasteiger partial charge < -0.3 is 29.6 Å². The number of benzene rings is 2. The predicted molar refractivity (Wildman–Crippen MR) is 120 cm³/mol. The Morgan fingerprint density at radius 3 is 2.69 bits per heavy atom. The van der Waals surface area contributed by atoms with Crippen LogP contribution in [0.25, 0.3) is 0 Å². The smallest absolute Gasteiger partial charge is 0.231 e. The maximum Gasteiger partial charge on any atom is 0.231 e. The highest BCUT2D eigenvalue weighted by Crippen LogP contribution is 2.40. The standard InChI is InChI=1S/C24H30FN3O4/c1-17(32-20-6-4-3-5-19(20)25)14-27-23(26-2)28-15-24(9-11-29-12-10-24)18-7-8-21-22(13-18)31-16-30-21/h3-8,13,17H,9-12,14-16H2,1-2H3,(H2,26,27,28). The number of nitrogens with one attached hydrogen (secondary N) is 2. The normalized spacial score (nSPS) is 18.2. The lowest BCUT2D eigenvalue weighted by Crippen LogP contribution is -2.49. The van der Waals surface area contributed by atoms with Crippen LogP contribution in [0, 0.1) is 5.82 Å². The van der Waals surface area contributed by atoms with Crippen LogP contribution >= 0.6 is 0 Å². The van der Waals surface area contributed by atoms with Gasteiger partial charge in [0.05, 0.1) is 6.54 Å². The van der Waals surface area contributed by atoms with Crippen molar-refractivity contribution in [2.45, 2.75) is 31.3 Å². The maximum absolute atomic E-state index is 13.8. The molecular weight excluding hydrogens is 413 g/mol. The second-order valence-corrected chi connectivity index (χ2v) is 8.13. The molecule has 2 aromatic rings. The molecule has 2 N–H and O–H groups in total. The fourth-order valence-corrected chi connectivity index (χ4v) is 4.07. The van der Waals surface area contributed by atoms with E-state index in [-0.39, 0.29) is 29.9 Å². The molecule has 2 aromatic carbocycles. The number of ether oxygens (including phenoxy) is 4. The molecule has 32 heavy (non-hydrogen) atoms. The average molecular weight is 444 g/mol. The van der Waals surface area contributed by atoms with Crippen molar-refractivity contribution >= 4 is 5.96 Å². The number of aliphatic imine (C=N–C) groups is 1. The number of halogens is 1. The topological polar surface area (TPSA) is 73.3 Å². The van der Waals surface area contributed by atoms with E-state index in [1.807, 2.05) is 13.0 Å². The van der Waals surface area contributed by atoms with Crippen LogP contribution in [0.2, 0.25) is 0 Å². The number of rotatable bonds is 7. The number of fused-ring (bicyclic) bond motifs is 1. The first kappa shape index (κ1) is 22.2. The Bertz CT molecular complexity index is 947. The van der Waals surface area contributed by atoms with Crippen LogP contribution in [0.5, 0.6) is 17.2 Å². The lowest BCUT2D eigenvalue weighted by atomic mass is 9.74. The molecule has 2 aliphatic heterocycles. The van der Waals surface area contributed by atoms with E-state index in [2.05, 4.69) is 27.8 Å². The van der Waals surface area contributed by atoms with E-state index in [1.54, 1.807) is 25.2 Å². The molecule has 7 nitrogen and oxygen atoms in total. The molecule has 0 amide bonds. The fraction of sp³-hybridized carbons (Fsp3) is 0.458. The number of nitrogens with zero attached hydrogens (tertiary/aromatic N) is 1. The first-order valence-electron chi connectivity index (χ1n) is 10.9. The first-order chi connectivity index (χ1) is 15.6. The summed E-state index contributed by atoms with van der Waals surface area (Å²) in [6, 6.07) is 12.6. The summed E-state index contributed by atoms with van der Waals surface area (Å²) in [7, 11) is 1.73. The van der Waals surface area contributed by atoms with Crippen LogP contribution in [0.4, 0.5) is 4.39 Å². The van der Waals surface area contributed by atoms with E-state index in [0.29, 0.717) is 32.3 Å². The van der Waals surface area contributed by atoms with Gasteiger partial charge in [-0.15, -0.1) is 0 Å². The van der Waals surface area contributed by atoms with Gasteiger partial charge in [0.2, 0.25) is 6.79 Å². The van der Waals surface area contributed by atoms with Gasteiger partial charge in [0.25, 0.3) is 0 Å². The monoisotopic (exact) mass is 443 g/mol. The molecule has 2 aliphatic rings. The van der Waals surface area contributed by atoms with E-state index in [1.165, 1.54) is 11.6 Å². The minimum atomic E-state index is -0.368. The third-order valence-corrected chi connectivity index (χ3v) is 5.97. The Balaban J connectivity index is 1.37. The minimum Gasteiger partial charge on any atom is -0.486 e. The summed E-state index contributed by atoms with van der Waals surface area (Å²) in [5.41, 5.74) is 1.09. The highest BCUT2D eigenvalue weighted by molar-refractivity contribution is 5.79. The second kappa shape index (κ2) is 10.1. The van der Waals surface area contributed by atoms with E-state index in [9.17, 15) is 4.39 Å². The molecule has 0 radical (unpaired) electrons.